The van der Waals surface area contributed by atoms with E-state index in [-0.39, 0.29) is 17.0 Å². The summed E-state index contributed by atoms with van der Waals surface area (Å²) >= 11 is 0. The molecule has 7 nitrogen and oxygen atoms in total. The van der Waals surface area contributed by atoms with Gasteiger partial charge in [-0.1, -0.05) is 12.1 Å². The van der Waals surface area contributed by atoms with Gasteiger partial charge in [0.1, 0.15) is 0 Å². The highest BCUT2D eigenvalue weighted by Crippen LogP contribution is 2.05. The minimum Gasteiger partial charge on any atom is -0.409 e. The Morgan fingerprint density at radius 3 is 2.90 bits per heavy atom. The van der Waals surface area contributed by atoms with Crippen LogP contribution in [0.5, 0.6) is 0 Å². The minimum atomic E-state index is -0.304. The first-order chi connectivity index (χ1) is 9.56. The zero-order chi connectivity index (χ0) is 14.7. The molecule has 106 valence electrons. The SMILES string of the molecule is CCc1cc(Cn2cccc(/C(N)=N/O)c2=O)n(C)n1. The number of rotatable bonds is 4. The standard InChI is InChI=1S/C13H17N5O2/c1-3-9-7-10(17(2)15-9)8-18-6-4-5-11(13(18)19)12(14)16-20/h4-7,20H,3,8H2,1-2H3,(H2,14,16). The van der Waals surface area contributed by atoms with Crippen molar-refractivity contribution in [2.24, 2.45) is 17.9 Å². The maximum atomic E-state index is 12.2. The molecule has 2 rings (SSSR count). The molecule has 3 N–H and O–H groups in total. The zero-order valence-corrected chi connectivity index (χ0v) is 11.4. The molecular formula is C13H17N5O2. The summed E-state index contributed by atoms with van der Waals surface area (Å²) in [4.78, 5) is 12.2. The van der Waals surface area contributed by atoms with Crippen LogP contribution < -0.4 is 11.3 Å². The zero-order valence-electron chi connectivity index (χ0n) is 11.4. The Morgan fingerprint density at radius 2 is 2.30 bits per heavy atom. The molecule has 0 aliphatic carbocycles. The molecule has 7 heteroatoms. The molecule has 0 fully saturated rings. The second-order valence-corrected chi connectivity index (χ2v) is 4.44. The third-order valence-electron chi connectivity index (χ3n) is 3.13. The van der Waals surface area contributed by atoms with Gasteiger partial charge >= 0.3 is 0 Å². The van der Waals surface area contributed by atoms with E-state index in [1.807, 2.05) is 20.0 Å². The van der Waals surface area contributed by atoms with Gasteiger partial charge in [-0.3, -0.25) is 9.48 Å². The number of aryl methyl sites for hydroxylation is 2. The molecule has 2 aromatic heterocycles. The van der Waals surface area contributed by atoms with Gasteiger partial charge in [0, 0.05) is 13.2 Å². The summed E-state index contributed by atoms with van der Waals surface area (Å²) in [5.41, 5.74) is 7.24. The minimum absolute atomic E-state index is 0.174. The van der Waals surface area contributed by atoms with Gasteiger partial charge < -0.3 is 15.5 Å². The van der Waals surface area contributed by atoms with E-state index >= 15 is 0 Å². The lowest BCUT2D eigenvalue weighted by atomic mass is 10.2. The van der Waals surface area contributed by atoms with E-state index in [2.05, 4.69) is 10.3 Å². The average Bonchev–Trinajstić information content (AvgIpc) is 2.81. The van der Waals surface area contributed by atoms with E-state index in [0.717, 1.165) is 17.8 Å². The van der Waals surface area contributed by atoms with Crippen molar-refractivity contribution >= 4 is 5.84 Å². The third-order valence-corrected chi connectivity index (χ3v) is 3.13. The molecule has 0 unspecified atom stereocenters. The first kappa shape index (κ1) is 13.9. The van der Waals surface area contributed by atoms with Gasteiger partial charge in [-0.05, 0) is 24.6 Å². The molecule has 0 saturated heterocycles. The van der Waals surface area contributed by atoms with E-state index in [1.165, 1.54) is 10.6 Å². The lowest BCUT2D eigenvalue weighted by Gasteiger charge is -2.07. The fourth-order valence-corrected chi connectivity index (χ4v) is 1.98. The molecule has 2 aromatic rings. The van der Waals surface area contributed by atoms with Gasteiger partial charge in [0.2, 0.25) is 0 Å². The van der Waals surface area contributed by atoms with Crippen LogP contribution in [0.15, 0.2) is 34.3 Å². The lowest BCUT2D eigenvalue weighted by Crippen LogP contribution is -2.30. The maximum absolute atomic E-state index is 12.2. The summed E-state index contributed by atoms with van der Waals surface area (Å²) < 4.78 is 3.26. The molecule has 2 heterocycles. The van der Waals surface area contributed by atoms with Crippen LogP contribution in [0.25, 0.3) is 0 Å². The molecule has 0 atom stereocenters. The number of hydrogen-bond donors (Lipinski definition) is 2. The Labute approximate surface area is 115 Å². The molecule has 0 aromatic carbocycles. The first-order valence-electron chi connectivity index (χ1n) is 6.26. The highest BCUT2D eigenvalue weighted by atomic mass is 16.4. The Morgan fingerprint density at radius 1 is 1.55 bits per heavy atom. The highest BCUT2D eigenvalue weighted by molar-refractivity contribution is 5.96. The van der Waals surface area contributed by atoms with Crippen molar-refractivity contribution in [2.75, 3.05) is 0 Å². The number of aromatic nitrogens is 3. The van der Waals surface area contributed by atoms with E-state index in [0.29, 0.717) is 6.54 Å². The monoisotopic (exact) mass is 275 g/mol. The molecule has 0 aliphatic rings. The largest absolute Gasteiger partial charge is 0.409 e. The quantitative estimate of drug-likeness (QED) is 0.362. The highest BCUT2D eigenvalue weighted by Gasteiger charge is 2.10. The fourth-order valence-electron chi connectivity index (χ4n) is 1.98. The summed E-state index contributed by atoms with van der Waals surface area (Å²) in [5.74, 6) is -0.191. The molecule has 0 spiro atoms. The van der Waals surface area contributed by atoms with Crippen molar-refractivity contribution in [3.63, 3.8) is 0 Å². The summed E-state index contributed by atoms with van der Waals surface area (Å²) in [6, 6.07) is 5.17. The second kappa shape index (κ2) is 5.60. The normalized spacial score (nSPS) is 11.8. The maximum Gasteiger partial charge on any atom is 0.262 e. The molecule has 0 bridgehead atoms. The van der Waals surface area contributed by atoms with Crippen LogP contribution in [0.2, 0.25) is 0 Å². The number of nitrogens with two attached hydrogens (primary N) is 1. The number of hydrogen-bond acceptors (Lipinski definition) is 4. The van der Waals surface area contributed by atoms with E-state index in [4.69, 9.17) is 10.9 Å². The van der Waals surface area contributed by atoms with Crippen molar-refractivity contribution < 1.29 is 5.21 Å². The summed E-state index contributed by atoms with van der Waals surface area (Å²) in [5, 5.41) is 15.9. The van der Waals surface area contributed by atoms with Gasteiger partial charge in [-0.15, -0.1) is 0 Å². The van der Waals surface area contributed by atoms with E-state index < -0.39 is 0 Å². The summed E-state index contributed by atoms with van der Waals surface area (Å²) in [6.45, 7) is 2.41. The van der Waals surface area contributed by atoms with Crippen LogP contribution >= 0.6 is 0 Å². The van der Waals surface area contributed by atoms with Crippen molar-refractivity contribution in [1.29, 1.82) is 0 Å². The van der Waals surface area contributed by atoms with Gasteiger partial charge in [-0.2, -0.15) is 5.10 Å². The van der Waals surface area contributed by atoms with Crippen molar-refractivity contribution in [3.8, 4) is 0 Å². The average molecular weight is 275 g/mol. The molecule has 0 aliphatic heterocycles. The number of oxime groups is 1. The Hall–Kier alpha value is -2.57. The predicted octanol–water partition coefficient (Wildman–Crippen LogP) is 0.287. The lowest BCUT2D eigenvalue weighted by molar-refractivity contribution is 0.318. The van der Waals surface area contributed by atoms with E-state index in [9.17, 15) is 4.79 Å². The fraction of sp³-hybridized carbons (Fsp3) is 0.308. The molecular weight excluding hydrogens is 258 g/mol. The van der Waals surface area contributed by atoms with Gasteiger partial charge in [0.25, 0.3) is 5.56 Å². The van der Waals surface area contributed by atoms with Crippen LogP contribution in [0.1, 0.15) is 23.9 Å². The Balaban J connectivity index is 2.39. The third kappa shape index (κ3) is 2.56. The van der Waals surface area contributed by atoms with Crippen LogP contribution in [-0.4, -0.2) is 25.4 Å². The molecule has 0 amide bonds. The van der Waals surface area contributed by atoms with E-state index in [1.54, 1.807) is 16.9 Å². The smallest absolute Gasteiger partial charge is 0.262 e. The van der Waals surface area contributed by atoms with Crippen LogP contribution in [0.4, 0.5) is 0 Å². The Kier molecular flexibility index (Phi) is 3.88. The van der Waals surface area contributed by atoms with Crippen molar-refractivity contribution in [2.45, 2.75) is 19.9 Å². The predicted molar refractivity (Wildman–Crippen MR) is 74.9 cm³/mol. The number of pyridine rings is 1. The molecule has 0 saturated carbocycles. The van der Waals surface area contributed by atoms with Gasteiger partial charge in [-0.25, -0.2) is 0 Å². The second-order valence-electron chi connectivity index (χ2n) is 4.44. The summed E-state index contributed by atoms with van der Waals surface area (Å²) in [6.07, 6.45) is 2.50. The molecule has 20 heavy (non-hydrogen) atoms. The van der Waals surface area contributed by atoms with Crippen molar-refractivity contribution in [1.82, 2.24) is 14.3 Å². The molecule has 0 radical (unpaired) electrons. The van der Waals surface area contributed by atoms with Crippen LogP contribution in [0.3, 0.4) is 0 Å². The van der Waals surface area contributed by atoms with Crippen LogP contribution in [0, 0.1) is 0 Å². The van der Waals surface area contributed by atoms with Gasteiger partial charge in [0.05, 0.1) is 23.5 Å². The summed E-state index contributed by atoms with van der Waals surface area (Å²) in [7, 11) is 1.84. The number of nitrogens with zero attached hydrogens (tertiary/aromatic N) is 4. The van der Waals surface area contributed by atoms with Gasteiger partial charge in [0.15, 0.2) is 5.84 Å². The topological polar surface area (TPSA) is 98.4 Å². The van der Waals surface area contributed by atoms with Crippen LogP contribution in [-0.2, 0) is 20.0 Å². The Bertz CT molecular complexity index is 699. The van der Waals surface area contributed by atoms with Crippen molar-refractivity contribution in [3.05, 3.63) is 51.7 Å². The first-order valence-corrected chi connectivity index (χ1v) is 6.26. The number of amidine groups is 1.